The number of anilines is 1. The van der Waals surface area contributed by atoms with Crippen LogP contribution in [0.1, 0.15) is 49.7 Å². The summed E-state index contributed by atoms with van der Waals surface area (Å²) in [6.45, 7) is 6.35. The SMILES string of the molecule is CCC(C)(CC)c1cc(NC(=O)c2ccc(OC)cc2OC)on1. The zero-order valence-electron chi connectivity index (χ0n) is 14.8. The minimum absolute atomic E-state index is 0.0652. The topological polar surface area (TPSA) is 73.6 Å². The highest BCUT2D eigenvalue weighted by Crippen LogP contribution is 2.32. The Morgan fingerprint density at radius 2 is 1.92 bits per heavy atom. The van der Waals surface area contributed by atoms with Crippen LogP contribution in [-0.2, 0) is 5.41 Å². The van der Waals surface area contributed by atoms with Crippen molar-refractivity contribution in [3.8, 4) is 11.5 Å². The van der Waals surface area contributed by atoms with Crippen LogP contribution in [0.3, 0.4) is 0 Å². The third-order valence-electron chi connectivity index (χ3n) is 4.58. The summed E-state index contributed by atoms with van der Waals surface area (Å²) < 4.78 is 15.7. The van der Waals surface area contributed by atoms with E-state index >= 15 is 0 Å². The van der Waals surface area contributed by atoms with Gasteiger partial charge in [-0.05, 0) is 25.0 Å². The van der Waals surface area contributed by atoms with Crippen molar-refractivity contribution in [2.45, 2.75) is 39.0 Å². The number of nitrogens with one attached hydrogen (secondary N) is 1. The smallest absolute Gasteiger partial charge is 0.261 e. The van der Waals surface area contributed by atoms with E-state index in [1.54, 1.807) is 31.4 Å². The number of carbonyl (C=O) groups excluding carboxylic acids is 1. The van der Waals surface area contributed by atoms with E-state index in [9.17, 15) is 4.79 Å². The summed E-state index contributed by atoms with van der Waals surface area (Å²) in [6, 6.07) is 6.79. The maximum absolute atomic E-state index is 12.5. The first-order valence-corrected chi connectivity index (χ1v) is 7.98. The van der Waals surface area contributed by atoms with Crippen LogP contribution >= 0.6 is 0 Å². The Morgan fingerprint density at radius 1 is 1.21 bits per heavy atom. The molecule has 0 spiro atoms. The Morgan fingerprint density at radius 3 is 2.50 bits per heavy atom. The van der Waals surface area contributed by atoms with E-state index in [0.717, 1.165) is 18.5 Å². The molecule has 6 heteroatoms. The summed E-state index contributed by atoms with van der Waals surface area (Å²) >= 11 is 0. The summed E-state index contributed by atoms with van der Waals surface area (Å²) in [5.74, 6) is 1.04. The van der Waals surface area contributed by atoms with Crippen molar-refractivity contribution in [3.63, 3.8) is 0 Å². The maximum Gasteiger partial charge on any atom is 0.261 e. The number of hydrogen-bond donors (Lipinski definition) is 1. The van der Waals surface area contributed by atoms with Crippen LogP contribution in [0.25, 0.3) is 0 Å². The molecule has 130 valence electrons. The molecule has 0 fully saturated rings. The Balaban J connectivity index is 2.20. The van der Waals surface area contributed by atoms with Gasteiger partial charge in [-0.2, -0.15) is 0 Å². The van der Waals surface area contributed by atoms with E-state index in [2.05, 4.69) is 31.2 Å². The van der Waals surface area contributed by atoms with Crippen molar-refractivity contribution in [2.75, 3.05) is 19.5 Å². The number of nitrogens with zero attached hydrogens (tertiary/aromatic N) is 1. The predicted molar refractivity (Wildman–Crippen MR) is 91.9 cm³/mol. The Bertz CT molecular complexity index is 705. The standard InChI is InChI=1S/C18H24N2O4/c1-6-18(3,7-2)15-11-16(24-20-15)19-17(21)13-9-8-12(22-4)10-14(13)23-5/h8-11H,6-7H2,1-5H3,(H,19,21). The molecule has 0 bridgehead atoms. The van der Waals surface area contributed by atoms with Crippen LogP contribution in [0.15, 0.2) is 28.8 Å². The maximum atomic E-state index is 12.5. The van der Waals surface area contributed by atoms with E-state index in [0.29, 0.717) is 22.9 Å². The second kappa shape index (κ2) is 7.38. The molecule has 2 rings (SSSR count). The van der Waals surface area contributed by atoms with Gasteiger partial charge < -0.3 is 14.0 Å². The fraction of sp³-hybridized carbons (Fsp3) is 0.444. The van der Waals surface area contributed by atoms with Crippen molar-refractivity contribution < 1.29 is 18.8 Å². The molecule has 1 aromatic heterocycles. The van der Waals surface area contributed by atoms with Crippen molar-refractivity contribution in [1.82, 2.24) is 5.16 Å². The number of hydrogen-bond acceptors (Lipinski definition) is 5. The molecule has 1 heterocycles. The van der Waals surface area contributed by atoms with Gasteiger partial charge in [0.1, 0.15) is 11.5 Å². The molecule has 1 N–H and O–H groups in total. The lowest BCUT2D eigenvalue weighted by atomic mass is 9.81. The van der Waals surface area contributed by atoms with Crippen LogP contribution in [0.4, 0.5) is 5.88 Å². The van der Waals surface area contributed by atoms with Crippen LogP contribution in [0.5, 0.6) is 11.5 Å². The van der Waals surface area contributed by atoms with Gasteiger partial charge in [0.2, 0.25) is 5.88 Å². The molecule has 0 aliphatic heterocycles. The number of aromatic nitrogens is 1. The van der Waals surface area contributed by atoms with Crippen LogP contribution < -0.4 is 14.8 Å². The van der Waals surface area contributed by atoms with Gasteiger partial charge in [-0.3, -0.25) is 10.1 Å². The molecule has 6 nitrogen and oxygen atoms in total. The van der Waals surface area contributed by atoms with Gasteiger partial charge in [0, 0.05) is 17.5 Å². The number of rotatable bonds is 7. The summed E-state index contributed by atoms with van der Waals surface area (Å²) in [6.07, 6.45) is 1.88. The number of carbonyl (C=O) groups is 1. The molecule has 24 heavy (non-hydrogen) atoms. The third-order valence-corrected chi connectivity index (χ3v) is 4.58. The molecule has 0 aliphatic rings. The first kappa shape index (κ1) is 17.8. The second-order valence-electron chi connectivity index (χ2n) is 5.86. The second-order valence-corrected chi connectivity index (χ2v) is 5.86. The number of benzene rings is 1. The first-order valence-electron chi connectivity index (χ1n) is 7.98. The van der Waals surface area contributed by atoms with Crippen molar-refractivity contribution in [3.05, 3.63) is 35.5 Å². The van der Waals surface area contributed by atoms with Gasteiger partial charge in [-0.15, -0.1) is 0 Å². The highest BCUT2D eigenvalue weighted by molar-refractivity contribution is 6.05. The van der Waals surface area contributed by atoms with E-state index < -0.39 is 0 Å². The molecule has 0 saturated carbocycles. The lowest BCUT2D eigenvalue weighted by molar-refractivity contribution is 0.102. The van der Waals surface area contributed by atoms with Gasteiger partial charge in [0.15, 0.2) is 0 Å². The minimum atomic E-state index is -0.327. The Hall–Kier alpha value is -2.50. The van der Waals surface area contributed by atoms with Gasteiger partial charge in [0.25, 0.3) is 5.91 Å². The molecule has 1 aromatic carbocycles. The number of ether oxygens (including phenoxy) is 2. The molecule has 0 unspecified atom stereocenters. The highest BCUT2D eigenvalue weighted by Gasteiger charge is 2.27. The summed E-state index contributed by atoms with van der Waals surface area (Å²) in [7, 11) is 3.06. The quantitative estimate of drug-likeness (QED) is 0.829. The fourth-order valence-corrected chi connectivity index (χ4v) is 2.40. The van der Waals surface area contributed by atoms with Gasteiger partial charge in [-0.25, -0.2) is 0 Å². The molecule has 0 saturated heterocycles. The molecule has 2 aromatic rings. The molecular formula is C18H24N2O4. The Labute approximate surface area is 142 Å². The number of methoxy groups -OCH3 is 2. The lowest BCUT2D eigenvalue weighted by Crippen LogP contribution is -2.19. The van der Waals surface area contributed by atoms with E-state index in [4.69, 9.17) is 14.0 Å². The van der Waals surface area contributed by atoms with Crippen LogP contribution in [0, 0.1) is 0 Å². The van der Waals surface area contributed by atoms with Crippen LogP contribution in [0.2, 0.25) is 0 Å². The minimum Gasteiger partial charge on any atom is -0.497 e. The van der Waals surface area contributed by atoms with E-state index in [-0.39, 0.29) is 11.3 Å². The predicted octanol–water partition coefficient (Wildman–Crippen LogP) is 4.02. The molecule has 0 radical (unpaired) electrons. The average molecular weight is 332 g/mol. The zero-order valence-corrected chi connectivity index (χ0v) is 14.8. The third kappa shape index (κ3) is 3.53. The average Bonchev–Trinajstić information content (AvgIpc) is 3.09. The molecule has 0 aliphatic carbocycles. The van der Waals surface area contributed by atoms with Crippen LogP contribution in [-0.4, -0.2) is 25.3 Å². The number of amides is 1. The highest BCUT2D eigenvalue weighted by atomic mass is 16.5. The molecule has 1 amide bonds. The molecular weight excluding hydrogens is 308 g/mol. The Kier molecular flexibility index (Phi) is 5.49. The summed E-state index contributed by atoms with van der Waals surface area (Å²) in [5.41, 5.74) is 1.17. The first-order chi connectivity index (χ1) is 11.5. The van der Waals surface area contributed by atoms with Crippen molar-refractivity contribution in [1.29, 1.82) is 0 Å². The summed E-state index contributed by atoms with van der Waals surface area (Å²) in [4.78, 5) is 12.5. The molecule has 0 atom stereocenters. The fourth-order valence-electron chi connectivity index (χ4n) is 2.40. The largest absolute Gasteiger partial charge is 0.497 e. The monoisotopic (exact) mass is 332 g/mol. The zero-order chi connectivity index (χ0) is 17.7. The van der Waals surface area contributed by atoms with Crippen molar-refractivity contribution >= 4 is 11.8 Å². The lowest BCUT2D eigenvalue weighted by Gasteiger charge is -2.22. The normalized spacial score (nSPS) is 11.2. The van der Waals surface area contributed by atoms with Gasteiger partial charge in [-0.1, -0.05) is 25.9 Å². The van der Waals surface area contributed by atoms with Gasteiger partial charge in [0.05, 0.1) is 25.5 Å². The van der Waals surface area contributed by atoms with Gasteiger partial charge >= 0.3 is 0 Å². The van der Waals surface area contributed by atoms with E-state index in [1.165, 1.54) is 7.11 Å². The van der Waals surface area contributed by atoms with Crippen molar-refractivity contribution in [2.24, 2.45) is 0 Å². The van der Waals surface area contributed by atoms with E-state index in [1.807, 2.05) is 0 Å². The summed E-state index contributed by atoms with van der Waals surface area (Å²) in [5, 5.41) is 6.83.